The molecule has 0 spiro atoms. The molecule has 0 radical (unpaired) electrons. The molecule has 0 saturated heterocycles. The van der Waals surface area contributed by atoms with Crippen molar-refractivity contribution >= 4 is 33.6 Å². The fourth-order valence-corrected chi connectivity index (χ4v) is 7.76. The Labute approximate surface area is 308 Å². The van der Waals surface area contributed by atoms with Crippen LogP contribution in [0.4, 0.5) is 0 Å². The van der Waals surface area contributed by atoms with E-state index in [2.05, 4.69) is 121 Å². The van der Waals surface area contributed by atoms with Crippen molar-refractivity contribution in [2.45, 2.75) is 25.7 Å². The summed E-state index contributed by atoms with van der Waals surface area (Å²) in [6.07, 6.45) is 15.6. The molecule has 53 heavy (non-hydrogen) atoms. The molecule has 2 aromatic heterocycles. The maximum Gasteiger partial charge on any atom is 0.164 e. The minimum Gasteiger partial charge on any atom is -0.456 e. The van der Waals surface area contributed by atoms with Crippen LogP contribution in [0.5, 0.6) is 0 Å². The Morgan fingerprint density at radius 3 is 1.94 bits per heavy atom. The second-order valence-electron chi connectivity index (χ2n) is 13.8. The van der Waals surface area contributed by atoms with E-state index >= 15 is 0 Å². The first-order chi connectivity index (χ1) is 26.2. The zero-order valence-corrected chi connectivity index (χ0v) is 29.2. The van der Waals surface area contributed by atoms with Gasteiger partial charge in [-0.2, -0.15) is 0 Å². The second kappa shape index (κ2) is 13.2. The van der Waals surface area contributed by atoms with Gasteiger partial charge in [-0.25, -0.2) is 15.0 Å². The van der Waals surface area contributed by atoms with Crippen LogP contribution in [0.15, 0.2) is 162 Å². The van der Waals surface area contributed by atoms with Crippen LogP contribution in [0.2, 0.25) is 0 Å². The van der Waals surface area contributed by atoms with E-state index in [9.17, 15) is 0 Å². The third-order valence-corrected chi connectivity index (χ3v) is 10.5. The van der Waals surface area contributed by atoms with Crippen LogP contribution in [-0.4, -0.2) is 15.0 Å². The van der Waals surface area contributed by atoms with E-state index in [1.165, 1.54) is 33.4 Å². The average Bonchev–Trinajstić information content (AvgIpc) is 3.62. The van der Waals surface area contributed by atoms with Crippen molar-refractivity contribution in [1.82, 2.24) is 15.0 Å². The molecule has 8 aromatic rings. The Morgan fingerprint density at radius 2 is 1.13 bits per heavy atom. The molecule has 4 nitrogen and oxygen atoms in total. The molecule has 0 saturated carbocycles. The van der Waals surface area contributed by atoms with Crippen molar-refractivity contribution < 1.29 is 4.42 Å². The van der Waals surface area contributed by atoms with Crippen LogP contribution < -0.4 is 0 Å². The highest BCUT2D eigenvalue weighted by molar-refractivity contribution is 6.12. The highest BCUT2D eigenvalue weighted by Crippen LogP contribution is 2.39. The Morgan fingerprint density at radius 1 is 0.453 bits per heavy atom. The number of rotatable bonds is 6. The molecule has 6 aromatic carbocycles. The largest absolute Gasteiger partial charge is 0.456 e. The topological polar surface area (TPSA) is 51.8 Å². The van der Waals surface area contributed by atoms with Crippen LogP contribution in [0, 0.1) is 0 Å². The van der Waals surface area contributed by atoms with Crippen LogP contribution in [-0.2, 0) is 6.42 Å². The third-order valence-electron chi connectivity index (χ3n) is 10.5. The summed E-state index contributed by atoms with van der Waals surface area (Å²) in [5, 5.41) is 2.02. The summed E-state index contributed by atoms with van der Waals surface area (Å²) in [4.78, 5) is 15.2. The number of furan rings is 1. The van der Waals surface area contributed by atoms with Crippen molar-refractivity contribution in [2.75, 3.05) is 0 Å². The number of hydrogen-bond acceptors (Lipinski definition) is 4. The normalized spacial score (nSPS) is 13.7. The van der Waals surface area contributed by atoms with Gasteiger partial charge in [0.1, 0.15) is 11.2 Å². The Kier molecular flexibility index (Phi) is 7.72. The summed E-state index contributed by atoms with van der Waals surface area (Å²) in [5.74, 6) is 1.88. The van der Waals surface area contributed by atoms with Gasteiger partial charge in [-0.15, -0.1) is 0 Å². The molecule has 10 rings (SSSR count). The van der Waals surface area contributed by atoms with E-state index in [0.717, 1.165) is 75.4 Å². The van der Waals surface area contributed by atoms with Crippen molar-refractivity contribution in [1.29, 1.82) is 0 Å². The molecule has 0 atom stereocenters. The van der Waals surface area contributed by atoms with Crippen molar-refractivity contribution in [2.24, 2.45) is 0 Å². The molecule has 4 heteroatoms. The van der Waals surface area contributed by atoms with Crippen molar-refractivity contribution in [3.63, 3.8) is 0 Å². The van der Waals surface area contributed by atoms with Gasteiger partial charge in [-0.05, 0) is 88.4 Å². The Balaban J connectivity index is 1.04. The molecule has 252 valence electrons. The zero-order valence-electron chi connectivity index (χ0n) is 29.2. The summed E-state index contributed by atoms with van der Waals surface area (Å²) in [5.41, 5.74) is 14.5. The minimum atomic E-state index is 0.613. The molecular formula is C49H35N3O. The number of aromatic nitrogens is 3. The molecule has 2 aliphatic rings. The molecule has 0 aliphatic heterocycles. The SMILES string of the molecule is C1=CC(c2ccc(-c3nc(-c4ccccc4)nc(-c4cccc5oc6cc(-c7ccc(-c8cccc9c8CCC=C9)cc7)ccc6c45)n3)cc2)=CCC1. The number of hydrogen-bond donors (Lipinski definition) is 0. The number of fused-ring (bicyclic) bond motifs is 4. The van der Waals surface area contributed by atoms with Gasteiger partial charge in [0.15, 0.2) is 17.5 Å². The van der Waals surface area contributed by atoms with Crippen LogP contribution in [0.25, 0.3) is 90.0 Å². The Hall–Kier alpha value is -6.65. The van der Waals surface area contributed by atoms with Gasteiger partial charge in [-0.3, -0.25) is 0 Å². The van der Waals surface area contributed by atoms with E-state index in [-0.39, 0.29) is 0 Å². The lowest BCUT2D eigenvalue weighted by molar-refractivity contribution is 0.669. The van der Waals surface area contributed by atoms with Crippen LogP contribution in [0.1, 0.15) is 36.0 Å². The lowest BCUT2D eigenvalue weighted by Crippen LogP contribution is -2.00. The van der Waals surface area contributed by atoms with Crippen molar-refractivity contribution in [3.8, 4) is 56.4 Å². The van der Waals surface area contributed by atoms with Crippen molar-refractivity contribution in [3.05, 3.63) is 174 Å². The fraction of sp³-hybridized carbons (Fsp3) is 0.0816. The zero-order chi connectivity index (χ0) is 35.1. The molecule has 0 N–H and O–H groups in total. The highest BCUT2D eigenvalue weighted by atomic mass is 16.3. The quantitative estimate of drug-likeness (QED) is 0.175. The predicted octanol–water partition coefficient (Wildman–Crippen LogP) is 12.8. The molecule has 2 heterocycles. The van der Waals surface area contributed by atoms with Gasteiger partial charge < -0.3 is 4.42 Å². The summed E-state index contributed by atoms with van der Waals surface area (Å²) in [6.45, 7) is 0. The second-order valence-corrected chi connectivity index (χ2v) is 13.8. The Bertz CT molecular complexity index is 2750. The lowest BCUT2D eigenvalue weighted by Gasteiger charge is -2.16. The van der Waals surface area contributed by atoms with Gasteiger partial charge in [0.05, 0.1) is 0 Å². The summed E-state index contributed by atoms with van der Waals surface area (Å²) in [6, 6.07) is 46.8. The molecule has 2 aliphatic carbocycles. The van der Waals surface area contributed by atoms with Gasteiger partial charge >= 0.3 is 0 Å². The van der Waals surface area contributed by atoms with Crippen LogP contribution >= 0.6 is 0 Å². The van der Waals surface area contributed by atoms with Gasteiger partial charge in [0, 0.05) is 27.5 Å². The summed E-state index contributed by atoms with van der Waals surface area (Å²) >= 11 is 0. The first-order valence-corrected chi connectivity index (χ1v) is 18.4. The maximum atomic E-state index is 6.54. The van der Waals surface area contributed by atoms with Gasteiger partial charge in [-0.1, -0.05) is 146 Å². The molecule has 0 bridgehead atoms. The first-order valence-electron chi connectivity index (χ1n) is 18.4. The van der Waals surface area contributed by atoms with E-state index in [1.54, 1.807) is 0 Å². The third kappa shape index (κ3) is 5.79. The summed E-state index contributed by atoms with van der Waals surface area (Å²) in [7, 11) is 0. The van der Waals surface area contributed by atoms with E-state index in [1.807, 2.05) is 42.5 Å². The molecule has 0 unspecified atom stereocenters. The maximum absolute atomic E-state index is 6.54. The first kappa shape index (κ1) is 31.1. The van der Waals surface area contributed by atoms with E-state index < -0.39 is 0 Å². The number of nitrogens with zero attached hydrogens (tertiary/aromatic N) is 3. The van der Waals surface area contributed by atoms with E-state index in [0.29, 0.717) is 17.5 Å². The van der Waals surface area contributed by atoms with Crippen LogP contribution in [0.3, 0.4) is 0 Å². The monoisotopic (exact) mass is 681 g/mol. The smallest absolute Gasteiger partial charge is 0.164 e. The van der Waals surface area contributed by atoms with Gasteiger partial charge in [0.25, 0.3) is 0 Å². The van der Waals surface area contributed by atoms with Gasteiger partial charge in [0.2, 0.25) is 0 Å². The predicted molar refractivity (Wildman–Crippen MR) is 218 cm³/mol. The number of allylic oxidation sites excluding steroid dienone is 5. The molecular weight excluding hydrogens is 647 g/mol. The minimum absolute atomic E-state index is 0.613. The van der Waals surface area contributed by atoms with E-state index in [4.69, 9.17) is 19.4 Å². The molecule has 0 amide bonds. The highest BCUT2D eigenvalue weighted by Gasteiger charge is 2.19. The lowest BCUT2D eigenvalue weighted by atomic mass is 9.89. The average molecular weight is 682 g/mol. The number of benzene rings is 6. The standard InChI is InChI=1S/C49H35N3O/c1-3-11-32(12-4-1)33-23-27-38(28-24-33)48-50-47(37-14-5-2-6-15-37)51-49(52-48)43-19-10-20-44-46(43)42-30-29-39(31-45(42)53-44)34-21-25-36(26-22-34)41-18-9-16-35-13-7-8-17-40(35)41/h2-3,5-7,9-16,18-31H,1,4,8,17H2. The summed E-state index contributed by atoms with van der Waals surface area (Å²) < 4.78 is 6.54. The molecule has 0 fully saturated rings. The fourth-order valence-electron chi connectivity index (χ4n) is 7.76.